The summed E-state index contributed by atoms with van der Waals surface area (Å²) in [5.74, 6) is 0. The maximum atomic E-state index is 12.3. The minimum absolute atomic E-state index is 0.00338. The van der Waals surface area contributed by atoms with Gasteiger partial charge in [0.1, 0.15) is 0 Å². The van der Waals surface area contributed by atoms with Crippen LogP contribution in [0, 0.1) is 0 Å². The normalized spacial score (nSPS) is 11.4. The Morgan fingerprint density at radius 2 is 2.15 bits per heavy atom. The summed E-state index contributed by atoms with van der Waals surface area (Å²) in [5.41, 5.74) is 1.30. The van der Waals surface area contributed by atoms with E-state index in [4.69, 9.17) is 0 Å². The minimum atomic E-state index is -2.44. The molecule has 1 N–H and O–H groups in total. The lowest BCUT2D eigenvalue weighted by molar-refractivity contribution is 0.151. The van der Waals surface area contributed by atoms with Crippen LogP contribution in [0.25, 0.3) is 11.0 Å². The van der Waals surface area contributed by atoms with Crippen LogP contribution >= 0.6 is 15.9 Å². The first-order chi connectivity index (χ1) is 6.16. The van der Waals surface area contributed by atoms with Crippen LogP contribution in [0.3, 0.4) is 0 Å². The predicted molar refractivity (Wildman–Crippen MR) is 48.8 cm³/mol. The summed E-state index contributed by atoms with van der Waals surface area (Å²) >= 11 is 3.13. The zero-order chi connectivity index (χ0) is 9.42. The van der Waals surface area contributed by atoms with Gasteiger partial charge >= 0.3 is 0 Å². The summed E-state index contributed by atoms with van der Waals surface area (Å²) in [6, 6.07) is 4.34. The molecule has 0 amide bonds. The van der Waals surface area contributed by atoms with Crippen LogP contribution in [-0.4, -0.2) is 9.97 Å². The van der Waals surface area contributed by atoms with Crippen molar-refractivity contribution in [2.75, 3.05) is 0 Å². The van der Waals surface area contributed by atoms with E-state index in [0.29, 0.717) is 15.8 Å². The number of halogens is 3. The molecular formula is C8H5BrF2N2. The van der Waals surface area contributed by atoms with Crippen molar-refractivity contribution in [3.63, 3.8) is 0 Å². The van der Waals surface area contributed by atoms with Gasteiger partial charge in [-0.2, -0.15) is 0 Å². The van der Waals surface area contributed by atoms with E-state index in [1.54, 1.807) is 6.07 Å². The summed E-state index contributed by atoms with van der Waals surface area (Å²) in [6.07, 6.45) is -2.44. The highest BCUT2D eigenvalue weighted by atomic mass is 79.9. The third-order valence-corrected chi connectivity index (χ3v) is 2.10. The molecule has 1 aromatic carbocycles. The molecule has 0 atom stereocenters. The second-order valence-electron chi connectivity index (χ2n) is 2.60. The van der Waals surface area contributed by atoms with Crippen LogP contribution in [0.4, 0.5) is 8.78 Å². The van der Waals surface area contributed by atoms with Crippen molar-refractivity contribution < 1.29 is 8.78 Å². The van der Waals surface area contributed by atoms with E-state index in [1.165, 1.54) is 12.1 Å². The fourth-order valence-corrected chi connectivity index (χ4v) is 1.54. The van der Waals surface area contributed by atoms with Crippen LogP contribution in [0.5, 0.6) is 0 Å². The van der Waals surface area contributed by atoms with E-state index in [2.05, 4.69) is 25.9 Å². The molecule has 0 aliphatic heterocycles. The molecule has 2 aromatic rings. The van der Waals surface area contributed by atoms with Gasteiger partial charge in [-0.1, -0.05) is 6.07 Å². The number of alkyl halides is 2. The van der Waals surface area contributed by atoms with Crippen LogP contribution < -0.4 is 0 Å². The standard InChI is InChI=1S/C8H5BrF2N2/c9-8-12-5-2-1-4(7(10)11)3-6(5)13-8/h1-3,7H,(H,12,13). The van der Waals surface area contributed by atoms with E-state index >= 15 is 0 Å². The molecule has 1 aromatic heterocycles. The molecule has 0 saturated heterocycles. The summed E-state index contributed by atoms with van der Waals surface area (Å²) in [5, 5.41) is 0. The first kappa shape index (κ1) is 8.62. The van der Waals surface area contributed by atoms with Crippen molar-refractivity contribution in [3.05, 3.63) is 28.5 Å². The molecule has 0 saturated carbocycles. The molecule has 2 nitrogen and oxygen atoms in total. The predicted octanol–water partition coefficient (Wildman–Crippen LogP) is 3.26. The van der Waals surface area contributed by atoms with Crippen LogP contribution in [0.1, 0.15) is 12.0 Å². The zero-order valence-corrected chi connectivity index (χ0v) is 7.98. The van der Waals surface area contributed by atoms with Gasteiger partial charge < -0.3 is 4.98 Å². The molecule has 0 aliphatic carbocycles. The van der Waals surface area contributed by atoms with E-state index in [-0.39, 0.29) is 5.56 Å². The van der Waals surface area contributed by atoms with Gasteiger partial charge in [0.15, 0.2) is 4.73 Å². The van der Waals surface area contributed by atoms with Crippen molar-refractivity contribution in [3.8, 4) is 0 Å². The van der Waals surface area contributed by atoms with Crippen molar-refractivity contribution in [1.29, 1.82) is 0 Å². The number of benzene rings is 1. The Morgan fingerprint density at radius 1 is 1.38 bits per heavy atom. The van der Waals surface area contributed by atoms with Crippen molar-refractivity contribution in [1.82, 2.24) is 9.97 Å². The molecular weight excluding hydrogens is 242 g/mol. The van der Waals surface area contributed by atoms with Gasteiger partial charge in [0, 0.05) is 5.56 Å². The lowest BCUT2D eigenvalue weighted by Gasteiger charge is -1.97. The first-order valence-corrected chi connectivity index (χ1v) is 4.39. The van der Waals surface area contributed by atoms with E-state index in [0.717, 1.165) is 0 Å². The molecule has 0 spiro atoms. The molecule has 0 aliphatic rings. The number of hydrogen-bond donors (Lipinski definition) is 1. The summed E-state index contributed by atoms with van der Waals surface area (Å²) in [7, 11) is 0. The van der Waals surface area contributed by atoms with Crippen LogP contribution in [0.2, 0.25) is 0 Å². The summed E-state index contributed by atoms with van der Waals surface area (Å²) in [6.45, 7) is 0. The summed E-state index contributed by atoms with van der Waals surface area (Å²) < 4.78 is 25.1. The first-order valence-electron chi connectivity index (χ1n) is 3.60. The Balaban J connectivity index is 2.61. The molecule has 0 unspecified atom stereocenters. The Labute approximate surface area is 81.1 Å². The highest BCUT2D eigenvalue weighted by Crippen LogP contribution is 2.23. The van der Waals surface area contributed by atoms with Crippen LogP contribution in [0.15, 0.2) is 22.9 Å². The minimum Gasteiger partial charge on any atom is -0.332 e. The van der Waals surface area contributed by atoms with Gasteiger partial charge in [0.05, 0.1) is 11.0 Å². The monoisotopic (exact) mass is 246 g/mol. The molecule has 1 heterocycles. The number of aromatic nitrogens is 2. The van der Waals surface area contributed by atoms with E-state index in [1.807, 2.05) is 0 Å². The van der Waals surface area contributed by atoms with E-state index in [9.17, 15) is 8.78 Å². The van der Waals surface area contributed by atoms with Gasteiger partial charge in [0.2, 0.25) is 0 Å². The molecule has 13 heavy (non-hydrogen) atoms. The Bertz CT molecular complexity index is 439. The third kappa shape index (κ3) is 1.56. The molecule has 0 bridgehead atoms. The highest BCUT2D eigenvalue weighted by Gasteiger charge is 2.08. The average Bonchev–Trinajstić information content (AvgIpc) is 2.42. The van der Waals surface area contributed by atoms with Crippen molar-refractivity contribution in [2.45, 2.75) is 6.43 Å². The fraction of sp³-hybridized carbons (Fsp3) is 0.125. The number of nitrogens with one attached hydrogen (secondary N) is 1. The Hall–Kier alpha value is -0.970. The van der Waals surface area contributed by atoms with Gasteiger partial charge in [-0.15, -0.1) is 0 Å². The van der Waals surface area contributed by atoms with Crippen molar-refractivity contribution >= 4 is 27.0 Å². The smallest absolute Gasteiger partial charge is 0.263 e. The number of nitrogens with zero attached hydrogens (tertiary/aromatic N) is 1. The third-order valence-electron chi connectivity index (χ3n) is 1.73. The Kier molecular flexibility index (Phi) is 2.03. The maximum absolute atomic E-state index is 12.3. The lowest BCUT2D eigenvalue weighted by atomic mass is 10.2. The molecule has 2 rings (SSSR count). The second-order valence-corrected chi connectivity index (χ2v) is 3.36. The molecule has 5 heteroatoms. The fourth-order valence-electron chi connectivity index (χ4n) is 1.13. The molecule has 68 valence electrons. The molecule has 0 radical (unpaired) electrons. The Morgan fingerprint density at radius 3 is 2.85 bits per heavy atom. The van der Waals surface area contributed by atoms with Crippen LogP contribution in [-0.2, 0) is 0 Å². The number of H-pyrrole nitrogens is 1. The molecule has 0 fully saturated rings. The average molecular weight is 247 g/mol. The number of hydrogen-bond acceptors (Lipinski definition) is 1. The lowest BCUT2D eigenvalue weighted by Crippen LogP contribution is -1.82. The second kappa shape index (κ2) is 3.06. The number of imidazole rings is 1. The number of fused-ring (bicyclic) bond motifs is 1. The largest absolute Gasteiger partial charge is 0.332 e. The SMILES string of the molecule is FC(F)c1ccc2nc(Br)[nH]c2c1. The van der Waals surface area contributed by atoms with Gasteiger partial charge in [-0.3, -0.25) is 0 Å². The van der Waals surface area contributed by atoms with Gasteiger partial charge in [-0.25, -0.2) is 13.8 Å². The van der Waals surface area contributed by atoms with Crippen molar-refractivity contribution in [2.24, 2.45) is 0 Å². The number of rotatable bonds is 1. The van der Waals surface area contributed by atoms with Gasteiger partial charge in [0.25, 0.3) is 6.43 Å². The summed E-state index contributed by atoms with van der Waals surface area (Å²) in [4.78, 5) is 6.86. The quantitative estimate of drug-likeness (QED) is 0.823. The zero-order valence-electron chi connectivity index (χ0n) is 6.39. The topological polar surface area (TPSA) is 28.7 Å². The van der Waals surface area contributed by atoms with Gasteiger partial charge in [-0.05, 0) is 28.1 Å². The highest BCUT2D eigenvalue weighted by molar-refractivity contribution is 9.10. The maximum Gasteiger partial charge on any atom is 0.263 e. The van der Waals surface area contributed by atoms with E-state index < -0.39 is 6.43 Å². The number of aromatic amines is 1.